The molecule has 4 aromatic rings. The molecule has 0 spiro atoms. The normalized spacial score (nSPS) is 11.0. The molecule has 0 aliphatic rings. The van der Waals surface area contributed by atoms with E-state index in [1.807, 2.05) is 30.5 Å². The standard InChI is InChI=1S/C21H20N4O/c22-9-11-24-21-19(12-15-4-2-1-3-5-15)20(25-26-21)17-6-7-18-14-23-10-8-16(18)13-17/h1-8,10,13-14,24H,9,11-12,22H2. The second-order valence-electron chi connectivity index (χ2n) is 6.15. The number of nitrogens with two attached hydrogens (primary N) is 1. The number of hydrogen-bond acceptors (Lipinski definition) is 5. The maximum Gasteiger partial charge on any atom is 0.228 e. The summed E-state index contributed by atoms with van der Waals surface area (Å²) in [5, 5.41) is 9.82. The van der Waals surface area contributed by atoms with Gasteiger partial charge < -0.3 is 15.6 Å². The molecule has 0 aliphatic carbocycles. The van der Waals surface area contributed by atoms with Crippen LogP contribution in [0.2, 0.25) is 0 Å². The molecule has 0 fully saturated rings. The van der Waals surface area contributed by atoms with Crippen molar-refractivity contribution in [2.24, 2.45) is 5.73 Å². The topological polar surface area (TPSA) is 77.0 Å². The molecule has 0 saturated heterocycles. The van der Waals surface area contributed by atoms with Crippen LogP contribution in [0.15, 0.2) is 71.5 Å². The third-order valence-corrected chi connectivity index (χ3v) is 4.36. The van der Waals surface area contributed by atoms with E-state index in [9.17, 15) is 0 Å². The minimum absolute atomic E-state index is 0.532. The Morgan fingerprint density at radius 2 is 1.88 bits per heavy atom. The minimum atomic E-state index is 0.532. The highest BCUT2D eigenvalue weighted by molar-refractivity contribution is 5.86. The third-order valence-electron chi connectivity index (χ3n) is 4.36. The zero-order valence-corrected chi connectivity index (χ0v) is 14.4. The van der Waals surface area contributed by atoms with Crippen LogP contribution in [0, 0.1) is 0 Å². The highest BCUT2D eigenvalue weighted by atomic mass is 16.5. The fourth-order valence-electron chi connectivity index (χ4n) is 3.06. The number of benzene rings is 2. The smallest absolute Gasteiger partial charge is 0.228 e. The quantitative estimate of drug-likeness (QED) is 0.555. The van der Waals surface area contributed by atoms with Gasteiger partial charge in [0.1, 0.15) is 5.69 Å². The van der Waals surface area contributed by atoms with Crippen molar-refractivity contribution < 1.29 is 4.52 Å². The summed E-state index contributed by atoms with van der Waals surface area (Å²) in [6.07, 6.45) is 4.40. The first kappa shape index (κ1) is 16.3. The Morgan fingerprint density at radius 1 is 1.00 bits per heavy atom. The van der Waals surface area contributed by atoms with E-state index in [1.54, 1.807) is 6.20 Å². The number of nitrogens with zero attached hydrogens (tertiary/aromatic N) is 2. The minimum Gasteiger partial charge on any atom is -0.352 e. The lowest BCUT2D eigenvalue weighted by Gasteiger charge is -2.07. The summed E-state index contributed by atoms with van der Waals surface area (Å²) in [4.78, 5) is 4.17. The molecule has 5 nitrogen and oxygen atoms in total. The lowest BCUT2D eigenvalue weighted by atomic mass is 9.99. The van der Waals surface area contributed by atoms with E-state index in [1.165, 1.54) is 5.56 Å². The molecule has 4 rings (SSSR count). The van der Waals surface area contributed by atoms with Gasteiger partial charge in [-0.3, -0.25) is 4.98 Å². The molecule has 26 heavy (non-hydrogen) atoms. The molecule has 0 unspecified atom stereocenters. The number of anilines is 1. The van der Waals surface area contributed by atoms with Crippen LogP contribution in [0.3, 0.4) is 0 Å². The Bertz CT molecular complexity index is 1010. The SMILES string of the molecule is NCCNc1onc(-c2ccc3cnccc3c2)c1Cc1ccccc1. The van der Waals surface area contributed by atoms with E-state index in [-0.39, 0.29) is 0 Å². The van der Waals surface area contributed by atoms with Gasteiger partial charge in [-0.05, 0) is 23.1 Å². The Hall–Kier alpha value is -3.18. The Balaban J connectivity index is 1.77. The van der Waals surface area contributed by atoms with Crippen molar-refractivity contribution in [3.05, 3.63) is 78.1 Å². The molecule has 0 saturated carbocycles. The first-order valence-corrected chi connectivity index (χ1v) is 8.66. The van der Waals surface area contributed by atoms with Crippen LogP contribution in [0.25, 0.3) is 22.0 Å². The fraction of sp³-hybridized carbons (Fsp3) is 0.143. The zero-order valence-electron chi connectivity index (χ0n) is 14.4. The average molecular weight is 344 g/mol. The van der Waals surface area contributed by atoms with Crippen LogP contribution < -0.4 is 11.1 Å². The summed E-state index contributed by atoms with van der Waals surface area (Å²) in [6.45, 7) is 1.17. The summed E-state index contributed by atoms with van der Waals surface area (Å²) in [5.74, 6) is 0.684. The van der Waals surface area contributed by atoms with Crippen LogP contribution >= 0.6 is 0 Å². The molecule has 0 bridgehead atoms. The van der Waals surface area contributed by atoms with Crippen molar-refractivity contribution in [1.29, 1.82) is 0 Å². The number of nitrogens with one attached hydrogen (secondary N) is 1. The van der Waals surface area contributed by atoms with E-state index < -0.39 is 0 Å². The van der Waals surface area contributed by atoms with Gasteiger partial charge in [0.15, 0.2) is 0 Å². The molecule has 2 aromatic heterocycles. The van der Waals surface area contributed by atoms with Gasteiger partial charge >= 0.3 is 0 Å². The molecule has 0 aliphatic heterocycles. The molecule has 2 aromatic carbocycles. The molecule has 5 heteroatoms. The van der Waals surface area contributed by atoms with Crippen molar-refractivity contribution in [2.45, 2.75) is 6.42 Å². The third kappa shape index (κ3) is 3.30. The summed E-state index contributed by atoms with van der Waals surface area (Å²) >= 11 is 0. The second-order valence-corrected chi connectivity index (χ2v) is 6.15. The van der Waals surface area contributed by atoms with E-state index in [4.69, 9.17) is 10.3 Å². The highest BCUT2D eigenvalue weighted by Crippen LogP contribution is 2.32. The number of rotatable bonds is 6. The van der Waals surface area contributed by atoms with Crippen molar-refractivity contribution in [2.75, 3.05) is 18.4 Å². The van der Waals surface area contributed by atoms with Crippen LogP contribution in [0.4, 0.5) is 5.88 Å². The molecular weight excluding hydrogens is 324 g/mol. The van der Waals surface area contributed by atoms with Crippen LogP contribution in [0.1, 0.15) is 11.1 Å². The number of aromatic nitrogens is 2. The van der Waals surface area contributed by atoms with Gasteiger partial charge in [0.2, 0.25) is 5.88 Å². The van der Waals surface area contributed by atoms with Gasteiger partial charge in [-0.25, -0.2) is 0 Å². The molecule has 0 amide bonds. The van der Waals surface area contributed by atoms with E-state index >= 15 is 0 Å². The van der Waals surface area contributed by atoms with Gasteiger partial charge in [0.05, 0.1) is 0 Å². The van der Waals surface area contributed by atoms with Crippen molar-refractivity contribution in [3.8, 4) is 11.3 Å². The lowest BCUT2D eigenvalue weighted by molar-refractivity contribution is 0.434. The zero-order chi connectivity index (χ0) is 17.8. The van der Waals surface area contributed by atoms with Gasteiger partial charge in [0, 0.05) is 48.4 Å². The Labute approximate surface area is 151 Å². The maximum atomic E-state index is 5.63. The molecular formula is C21H20N4O. The molecule has 2 heterocycles. The first-order valence-electron chi connectivity index (χ1n) is 8.66. The van der Waals surface area contributed by atoms with E-state index in [2.05, 4.69) is 45.8 Å². The van der Waals surface area contributed by atoms with Gasteiger partial charge in [-0.15, -0.1) is 0 Å². The van der Waals surface area contributed by atoms with Crippen molar-refractivity contribution >= 4 is 16.7 Å². The first-order chi connectivity index (χ1) is 12.8. The van der Waals surface area contributed by atoms with Crippen molar-refractivity contribution in [1.82, 2.24) is 10.1 Å². The van der Waals surface area contributed by atoms with Gasteiger partial charge in [0.25, 0.3) is 0 Å². The number of fused-ring (bicyclic) bond motifs is 1. The Morgan fingerprint density at radius 3 is 2.73 bits per heavy atom. The monoisotopic (exact) mass is 344 g/mol. The second kappa shape index (κ2) is 7.37. The maximum absolute atomic E-state index is 5.63. The van der Waals surface area contributed by atoms with Gasteiger partial charge in [-0.1, -0.05) is 47.6 Å². The molecule has 0 atom stereocenters. The lowest BCUT2D eigenvalue weighted by Crippen LogP contribution is -2.13. The predicted molar refractivity (Wildman–Crippen MR) is 104 cm³/mol. The van der Waals surface area contributed by atoms with E-state index in [0.29, 0.717) is 19.0 Å². The molecule has 3 N–H and O–H groups in total. The van der Waals surface area contributed by atoms with Gasteiger partial charge in [-0.2, -0.15) is 0 Å². The predicted octanol–water partition coefficient (Wildman–Crippen LogP) is 3.85. The largest absolute Gasteiger partial charge is 0.352 e. The number of pyridine rings is 1. The average Bonchev–Trinajstić information content (AvgIpc) is 3.09. The Kier molecular flexibility index (Phi) is 4.62. The number of hydrogen-bond donors (Lipinski definition) is 2. The summed E-state index contributed by atoms with van der Waals surface area (Å²) in [5.41, 5.74) is 9.76. The van der Waals surface area contributed by atoms with Crippen molar-refractivity contribution in [3.63, 3.8) is 0 Å². The van der Waals surface area contributed by atoms with Crippen LogP contribution in [-0.4, -0.2) is 23.2 Å². The summed E-state index contributed by atoms with van der Waals surface area (Å²) < 4.78 is 5.61. The molecule has 0 radical (unpaired) electrons. The van der Waals surface area contributed by atoms with Crippen LogP contribution in [-0.2, 0) is 6.42 Å². The molecule has 130 valence electrons. The summed E-state index contributed by atoms with van der Waals surface area (Å²) in [6, 6.07) is 18.6. The summed E-state index contributed by atoms with van der Waals surface area (Å²) in [7, 11) is 0. The van der Waals surface area contributed by atoms with E-state index in [0.717, 1.165) is 34.0 Å². The highest BCUT2D eigenvalue weighted by Gasteiger charge is 2.18. The van der Waals surface area contributed by atoms with Crippen LogP contribution in [0.5, 0.6) is 0 Å². The fourth-order valence-corrected chi connectivity index (χ4v) is 3.06.